The van der Waals surface area contributed by atoms with Gasteiger partial charge in [0.25, 0.3) is 0 Å². The lowest BCUT2D eigenvalue weighted by molar-refractivity contribution is -0.143. The van der Waals surface area contributed by atoms with E-state index in [1.165, 1.54) is 295 Å². The summed E-state index contributed by atoms with van der Waals surface area (Å²) >= 11 is 0. The number of rotatable bonds is 64. The first kappa shape index (κ1) is 74.1. The lowest BCUT2D eigenvalue weighted by Crippen LogP contribution is -2.45. The summed E-state index contributed by atoms with van der Waals surface area (Å²) in [6.45, 7) is 4.88. The number of nitrogens with one attached hydrogen (secondary N) is 1. The van der Waals surface area contributed by atoms with Gasteiger partial charge in [-0.15, -0.1) is 0 Å². The molecule has 448 valence electrons. The molecule has 2 atom stereocenters. The zero-order valence-electron chi connectivity index (χ0n) is 51.3. The fourth-order valence-corrected chi connectivity index (χ4v) is 10.7. The van der Waals surface area contributed by atoms with Crippen LogP contribution in [0.5, 0.6) is 0 Å². The number of carbonyl (C=O) groups excluding carboxylic acids is 2. The van der Waals surface area contributed by atoms with Gasteiger partial charge in [-0.2, -0.15) is 0 Å². The molecule has 0 aromatic carbocycles. The highest BCUT2D eigenvalue weighted by Crippen LogP contribution is 2.18. The number of amides is 1. The van der Waals surface area contributed by atoms with Gasteiger partial charge in [-0.05, 0) is 64.2 Å². The van der Waals surface area contributed by atoms with Crippen molar-refractivity contribution in [2.75, 3.05) is 13.2 Å². The smallest absolute Gasteiger partial charge is 0.305 e. The predicted molar refractivity (Wildman–Crippen MR) is 333 cm³/mol. The monoisotopic (exact) mass is 1070 g/mol. The number of hydrogen-bond donors (Lipinski definition) is 3. The highest BCUT2D eigenvalue weighted by molar-refractivity contribution is 5.76. The zero-order chi connectivity index (χ0) is 55.0. The van der Waals surface area contributed by atoms with Crippen LogP contribution in [0.3, 0.4) is 0 Å². The Morgan fingerprint density at radius 1 is 0.368 bits per heavy atom. The molecule has 76 heavy (non-hydrogen) atoms. The molecular weight excluding hydrogens is 935 g/mol. The molecule has 0 saturated heterocycles. The summed E-state index contributed by atoms with van der Waals surface area (Å²) < 4.78 is 5.50. The lowest BCUT2D eigenvalue weighted by atomic mass is 10.0. The quantitative estimate of drug-likeness (QED) is 0.0320. The Balaban J connectivity index is 3.30. The Morgan fingerprint density at radius 2 is 0.658 bits per heavy atom. The summed E-state index contributed by atoms with van der Waals surface area (Å²) in [7, 11) is 0. The van der Waals surface area contributed by atoms with E-state index in [1.54, 1.807) is 6.08 Å². The van der Waals surface area contributed by atoms with E-state index in [9.17, 15) is 19.8 Å². The van der Waals surface area contributed by atoms with Crippen molar-refractivity contribution >= 4 is 11.9 Å². The third-order valence-electron chi connectivity index (χ3n) is 15.9. The minimum absolute atomic E-state index is 0.0133. The molecule has 2 unspecified atom stereocenters. The zero-order valence-corrected chi connectivity index (χ0v) is 51.3. The van der Waals surface area contributed by atoms with Gasteiger partial charge in [-0.25, -0.2) is 0 Å². The summed E-state index contributed by atoms with van der Waals surface area (Å²) in [5, 5.41) is 23.0. The van der Waals surface area contributed by atoms with Crippen molar-refractivity contribution < 1.29 is 24.5 Å². The molecule has 6 nitrogen and oxygen atoms in total. The standard InChI is InChI=1S/C70H133NO5/c1-3-5-7-9-11-13-15-16-17-34-38-41-44-48-52-56-60-64-70(75)76-65-61-57-53-49-45-42-39-36-33-31-29-27-25-23-21-19-18-20-22-24-26-28-30-32-35-37-40-43-47-51-55-59-63-69(74)71-67(66-72)68(73)62-58-54-50-46-14-12-10-8-6-4-2/h11,13,16-17,58,62,67-68,72-73H,3-10,12,14-15,18-57,59-61,63-66H2,1-2H3,(H,71,74)/b13-11-,17-16-,62-58+. The molecule has 0 aliphatic heterocycles. The Hall–Kier alpha value is -1.92. The van der Waals surface area contributed by atoms with E-state index in [4.69, 9.17) is 4.74 Å². The van der Waals surface area contributed by atoms with Gasteiger partial charge in [0.2, 0.25) is 5.91 Å². The molecule has 0 heterocycles. The van der Waals surface area contributed by atoms with Crippen LogP contribution in [0.25, 0.3) is 0 Å². The molecule has 3 N–H and O–H groups in total. The molecular formula is C70H133NO5. The number of aliphatic hydroxyl groups is 2. The number of unbranched alkanes of at least 4 members (excludes halogenated alkanes) is 49. The third kappa shape index (κ3) is 61.3. The van der Waals surface area contributed by atoms with Crippen LogP contribution in [0.15, 0.2) is 36.5 Å². The van der Waals surface area contributed by atoms with Gasteiger partial charge in [-0.1, -0.05) is 333 Å². The second-order valence-corrected chi connectivity index (χ2v) is 23.5. The summed E-state index contributed by atoms with van der Waals surface area (Å²) in [5.74, 6) is -0.0510. The van der Waals surface area contributed by atoms with Crippen molar-refractivity contribution in [2.24, 2.45) is 0 Å². The van der Waals surface area contributed by atoms with E-state index in [-0.39, 0.29) is 18.5 Å². The van der Waals surface area contributed by atoms with E-state index < -0.39 is 12.1 Å². The second-order valence-electron chi connectivity index (χ2n) is 23.5. The van der Waals surface area contributed by atoms with E-state index in [2.05, 4.69) is 43.5 Å². The van der Waals surface area contributed by atoms with E-state index in [1.807, 2.05) is 6.08 Å². The highest BCUT2D eigenvalue weighted by Gasteiger charge is 2.18. The fraction of sp³-hybridized carbons (Fsp3) is 0.886. The predicted octanol–water partition coefficient (Wildman–Crippen LogP) is 21.9. The molecule has 0 radical (unpaired) electrons. The van der Waals surface area contributed by atoms with Gasteiger partial charge < -0.3 is 20.3 Å². The summed E-state index contributed by atoms with van der Waals surface area (Å²) in [4.78, 5) is 24.5. The molecule has 6 heteroatoms. The Bertz CT molecular complexity index is 1230. The number of aliphatic hydroxyl groups excluding tert-OH is 2. The summed E-state index contributed by atoms with van der Waals surface area (Å²) in [6, 6.07) is -0.622. The normalized spacial score (nSPS) is 12.7. The van der Waals surface area contributed by atoms with Gasteiger partial charge in [0.05, 0.1) is 25.4 Å². The number of hydrogen-bond acceptors (Lipinski definition) is 5. The van der Waals surface area contributed by atoms with Gasteiger partial charge in [0, 0.05) is 12.8 Å². The molecule has 0 aliphatic carbocycles. The van der Waals surface area contributed by atoms with Crippen molar-refractivity contribution in [1.29, 1.82) is 0 Å². The maximum atomic E-state index is 12.4. The van der Waals surface area contributed by atoms with E-state index in [0.29, 0.717) is 19.4 Å². The molecule has 0 bridgehead atoms. The summed E-state index contributed by atoms with van der Waals surface area (Å²) in [6.07, 6.45) is 83.8. The molecule has 0 spiro atoms. The van der Waals surface area contributed by atoms with Crippen LogP contribution in [-0.4, -0.2) is 47.4 Å². The minimum Gasteiger partial charge on any atom is -0.466 e. The van der Waals surface area contributed by atoms with Crippen molar-refractivity contribution in [2.45, 2.75) is 386 Å². The Kier molecular flexibility index (Phi) is 63.9. The third-order valence-corrected chi connectivity index (χ3v) is 15.9. The summed E-state index contributed by atoms with van der Waals surface area (Å²) in [5.41, 5.74) is 0. The second kappa shape index (κ2) is 65.6. The average Bonchev–Trinajstić information content (AvgIpc) is 3.42. The SMILES string of the molecule is CCCCC/C=C\C/C=C\CCCCCCCCCC(=O)OCCCCCCCCCCCCCCCCCCCCCCCCCCCCCCCCCCC(=O)NC(CO)C(O)/C=C/CCCCCCCCCC. The maximum absolute atomic E-state index is 12.4. The number of ether oxygens (including phenoxy) is 1. The molecule has 0 aromatic rings. The van der Waals surface area contributed by atoms with E-state index in [0.717, 1.165) is 51.4 Å². The van der Waals surface area contributed by atoms with Gasteiger partial charge in [-0.3, -0.25) is 9.59 Å². The minimum atomic E-state index is -0.839. The van der Waals surface area contributed by atoms with Crippen LogP contribution < -0.4 is 5.32 Å². The number of allylic oxidation sites excluding steroid dienone is 5. The van der Waals surface area contributed by atoms with Gasteiger partial charge >= 0.3 is 5.97 Å². The first-order valence-electron chi connectivity index (χ1n) is 34.3. The van der Waals surface area contributed by atoms with Crippen molar-refractivity contribution in [3.63, 3.8) is 0 Å². The average molecular weight is 1070 g/mol. The van der Waals surface area contributed by atoms with Crippen molar-refractivity contribution in [1.82, 2.24) is 5.32 Å². The van der Waals surface area contributed by atoms with Crippen LogP contribution in [0.4, 0.5) is 0 Å². The van der Waals surface area contributed by atoms with Gasteiger partial charge in [0.1, 0.15) is 0 Å². The first-order chi connectivity index (χ1) is 37.5. The number of esters is 1. The van der Waals surface area contributed by atoms with Crippen LogP contribution in [0.2, 0.25) is 0 Å². The van der Waals surface area contributed by atoms with Crippen molar-refractivity contribution in [3.8, 4) is 0 Å². The van der Waals surface area contributed by atoms with Crippen LogP contribution in [-0.2, 0) is 14.3 Å². The fourth-order valence-electron chi connectivity index (χ4n) is 10.7. The number of carbonyl (C=O) groups is 2. The van der Waals surface area contributed by atoms with Crippen LogP contribution in [0.1, 0.15) is 373 Å². The van der Waals surface area contributed by atoms with Crippen LogP contribution >= 0.6 is 0 Å². The van der Waals surface area contributed by atoms with Crippen LogP contribution in [0, 0.1) is 0 Å². The molecule has 0 aromatic heterocycles. The molecule has 0 rings (SSSR count). The van der Waals surface area contributed by atoms with Gasteiger partial charge in [0.15, 0.2) is 0 Å². The first-order valence-corrected chi connectivity index (χ1v) is 34.3. The topological polar surface area (TPSA) is 95.9 Å². The Morgan fingerprint density at radius 3 is 1.03 bits per heavy atom. The molecule has 0 saturated carbocycles. The molecule has 0 aliphatic rings. The molecule has 1 amide bonds. The molecule has 0 fully saturated rings. The van der Waals surface area contributed by atoms with E-state index >= 15 is 0 Å². The van der Waals surface area contributed by atoms with Crippen molar-refractivity contribution in [3.05, 3.63) is 36.5 Å². The lowest BCUT2D eigenvalue weighted by Gasteiger charge is -2.20. The highest BCUT2D eigenvalue weighted by atomic mass is 16.5. The maximum Gasteiger partial charge on any atom is 0.305 e. The largest absolute Gasteiger partial charge is 0.466 e. The Labute approximate surface area is 474 Å².